The average Bonchev–Trinajstić information content (AvgIpc) is 2.66. The van der Waals surface area contributed by atoms with Crippen LogP contribution in [0, 0.1) is 5.82 Å². The standard InChI is InChI=1S/C21H19FN2O2/c1-15(18-9-8-17-4-2-3-5-19(17)12-18)24-21(25)14-26-23-13-16-6-10-20(22)11-7-16/h2-13,15H,14H2,1H3,(H,24,25)/b23-13+. The van der Waals surface area contributed by atoms with E-state index in [0.29, 0.717) is 5.56 Å². The predicted molar refractivity (Wildman–Crippen MR) is 100 cm³/mol. The second-order valence-electron chi connectivity index (χ2n) is 5.96. The van der Waals surface area contributed by atoms with Crippen LogP contribution < -0.4 is 5.32 Å². The Balaban J connectivity index is 1.51. The van der Waals surface area contributed by atoms with Crippen LogP contribution in [0.25, 0.3) is 10.8 Å². The second-order valence-corrected chi connectivity index (χ2v) is 5.96. The minimum absolute atomic E-state index is 0.142. The number of oxime groups is 1. The first-order chi connectivity index (χ1) is 12.6. The third kappa shape index (κ3) is 4.66. The van der Waals surface area contributed by atoms with Crippen LogP contribution in [0.1, 0.15) is 24.1 Å². The highest BCUT2D eigenvalue weighted by Gasteiger charge is 2.10. The van der Waals surface area contributed by atoms with Crippen LogP contribution in [0.5, 0.6) is 0 Å². The molecule has 26 heavy (non-hydrogen) atoms. The summed E-state index contributed by atoms with van der Waals surface area (Å²) in [6.45, 7) is 1.74. The van der Waals surface area contributed by atoms with E-state index >= 15 is 0 Å². The smallest absolute Gasteiger partial charge is 0.261 e. The van der Waals surface area contributed by atoms with E-state index in [1.807, 2.05) is 37.3 Å². The Labute approximate surface area is 151 Å². The molecule has 0 aliphatic carbocycles. The Kier molecular flexibility index (Phi) is 5.59. The molecule has 0 radical (unpaired) electrons. The van der Waals surface area contributed by atoms with E-state index in [0.717, 1.165) is 16.3 Å². The average molecular weight is 350 g/mol. The number of carbonyl (C=O) groups excluding carboxylic acids is 1. The van der Waals surface area contributed by atoms with Crippen LogP contribution in [-0.4, -0.2) is 18.7 Å². The first kappa shape index (κ1) is 17.6. The zero-order valence-corrected chi connectivity index (χ0v) is 14.4. The van der Waals surface area contributed by atoms with Crippen molar-refractivity contribution in [1.82, 2.24) is 5.32 Å². The minimum Gasteiger partial charge on any atom is -0.386 e. The van der Waals surface area contributed by atoms with Gasteiger partial charge >= 0.3 is 0 Å². The maximum absolute atomic E-state index is 12.8. The minimum atomic E-state index is -0.315. The van der Waals surface area contributed by atoms with Gasteiger partial charge in [0.15, 0.2) is 6.61 Å². The highest BCUT2D eigenvalue weighted by Crippen LogP contribution is 2.20. The summed E-state index contributed by atoms with van der Waals surface area (Å²) in [5, 5.41) is 8.89. The molecule has 0 aromatic heterocycles. The number of hydrogen-bond acceptors (Lipinski definition) is 3. The molecule has 0 saturated heterocycles. The summed E-state index contributed by atoms with van der Waals surface area (Å²) in [4.78, 5) is 17.0. The van der Waals surface area contributed by atoms with Crippen LogP contribution in [0.4, 0.5) is 4.39 Å². The molecule has 5 heteroatoms. The maximum atomic E-state index is 12.8. The van der Waals surface area contributed by atoms with Crippen molar-refractivity contribution in [3.05, 3.63) is 83.7 Å². The van der Waals surface area contributed by atoms with Crippen molar-refractivity contribution in [3.8, 4) is 0 Å². The van der Waals surface area contributed by atoms with Crippen molar-refractivity contribution < 1.29 is 14.0 Å². The number of fused-ring (bicyclic) bond motifs is 1. The van der Waals surface area contributed by atoms with E-state index in [9.17, 15) is 9.18 Å². The molecular formula is C21H19FN2O2. The fourth-order valence-electron chi connectivity index (χ4n) is 2.59. The predicted octanol–water partition coefficient (Wildman–Crippen LogP) is 4.21. The second kappa shape index (κ2) is 8.25. The van der Waals surface area contributed by atoms with Crippen LogP contribution in [-0.2, 0) is 9.63 Å². The summed E-state index contributed by atoms with van der Waals surface area (Å²) in [5.74, 6) is -0.577. The van der Waals surface area contributed by atoms with Gasteiger partial charge in [-0.15, -0.1) is 0 Å². The topological polar surface area (TPSA) is 50.7 Å². The largest absolute Gasteiger partial charge is 0.386 e. The third-order valence-corrected chi connectivity index (χ3v) is 3.99. The van der Waals surface area contributed by atoms with E-state index in [1.54, 1.807) is 12.1 Å². The summed E-state index contributed by atoms with van der Waals surface area (Å²) >= 11 is 0. The van der Waals surface area contributed by atoms with E-state index < -0.39 is 0 Å². The number of amides is 1. The molecule has 0 fully saturated rings. The fraction of sp³-hybridized carbons (Fsp3) is 0.143. The van der Waals surface area contributed by atoms with Gasteiger partial charge in [0.2, 0.25) is 0 Å². The summed E-state index contributed by atoms with van der Waals surface area (Å²) in [7, 11) is 0. The molecule has 1 atom stereocenters. The van der Waals surface area contributed by atoms with Crippen molar-refractivity contribution in [2.45, 2.75) is 13.0 Å². The number of benzene rings is 3. The molecule has 3 rings (SSSR count). The number of rotatable bonds is 6. The third-order valence-electron chi connectivity index (χ3n) is 3.99. The van der Waals surface area contributed by atoms with Crippen LogP contribution in [0.3, 0.4) is 0 Å². The lowest BCUT2D eigenvalue weighted by atomic mass is 10.0. The number of nitrogens with one attached hydrogen (secondary N) is 1. The highest BCUT2D eigenvalue weighted by molar-refractivity contribution is 5.83. The Morgan fingerprint density at radius 2 is 1.85 bits per heavy atom. The Hall–Kier alpha value is -3.21. The monoisotopic (exact) mass is 350 g/mol. The summed E-state index contributed by atoms with van der Waals surface area (Å²) in [6.07, 6.45) is 1.43. The van der Waals surface area contributed by atoms with Gasteiger partial charge in [-0.1, -0.05) is 53.7 Å². The Morgan fingerprint density at radius 1 is 1.12 bits per heavy atom. The molecule has 4 nitrogen and oxygen atoms in total. The lowest BCUT2D eigenvalue weighted by molar-refractivity contribution is -0.126. The van der Waals surface area contributed by atoms with Gasteiger partial charge in [-0.2, -0.15) is 0 Å². The normalized spacial score (nSPS) is 12.2. The molecule has 0 aliphatic rings. The molecule has 0 spiro atoms. The zero-order valence-electron chi connectivity index (χ0n) is 14.4. The van der Waals surface area contributed by atoms with Gasteiger partial charge in [0, 0.05) is 0 Å². The molecule has 132 valence electrons. The molecule has 1 unspecified atom stereocenters. The SMILES string of the molecule is CC(NC(=O)CO/N=C/c1ccc(F)cc1)c1ccc2ccccc2c1. The molecule has 3 aromatic carbocycles. The number of nitrogens with zero attached hydrogens (tertiary/aromatic N) is 1. The molecule has 0 bridgehead atoms. The van der Waals surface area contributed by atoms with Crippen LogP contribution in [0.15, 0.2) is 71.9 Å². The molecule has 0 aliphatic heterocycles. The lowest BCUT2D eigenvalue weighted by Crippen LogP contribution is -2.29. The quantitative estimate of drug-likeness (QED) is 0.535. The highest BCUT2D eigenvalue weighted by atomic mass is 19.1. The van der Waals surface area contributed by atoms with Crippen molar-refractivity contribution in [2.75, 3.05) is 6.61 Å². The lowest BCUT2D eigenvalue weighted by Gasteiger charge is -2.14. The van der Waals surface area contributed by atoms with Gasteiger partial charge in [-0.05, 0) is 47.0 Å². The van der Waals surface area contributed by atoms with Crippen molar-refractivity contribution in [3.63, 3.8) is 0 Å². The van der Waals surface area contributed by atoms with E-state index in [2.05, 4.69) is 22.6 Å². The zero-order chi connectivity index (χ0) is 18.4. The van der Waals surface area contributed by atoms with Gasteiger partial charge in [0.1, 0.15) is 5.82 Å². The summed E-state index contributed by atoms with van der Waals surface area (Å²) in [5.41, 5.74) is 1.71. The van der Waals surface area contributed by atoms with Crippen molar-refractivity contribution in [2.24, 2.45) is 5.16 Å². The van der Waals surface area contributed by atoms with E-state index in [1.165, 1.54) is 18.3 Å². The van der Waals surface area contributed by atoms with E-state index in [-0.39, 0.29) is 24.4 Å². The van der Waals surface area contributed by atoms with Crippen molar-refractivity contribution >= 4 is 22.9 Å². The molecule has 0 saturated carbocycles. The first-order valence-corrected chi connectivity index (χ1v) is 8.31. The van der Waals surface area contributed by atoms with Gasteiger partial charge < -0.3 is 10.2 Å². The van der Waals surface area contributed by atoms with E-state index in [4.69, 9.17) is 4.84 Å². The molecule has 1 amide bonds. The summed E-state index contributed by atoms with van der Waals surface area (Å²) in [6, 6.07) is 19.9. The van der Waals surface area contributed by atoms with Crippen LogP contribution in [0.2, 0.25) is 0 Å². The first-order valence-electron chi connectivity index (χ1n) is 8.31. The molecule has 0 heterocycles. The molecule has 3 aromatic rings. The van der Waals surface area contributed by atoms with Crippen molar-refractivity contribution in [1.29, 1.82) is 0 Å². The summed E-state index contributed by atoms with van der Waals surface area (Å²) < 4.78 is 12.8. The van der Waals surface area contributed by atoms with Gasteiger partial charge in [-0.25, -0.2) is 4.39 Å². The molecule has 1 N–H and O–H groups in total. The number of hydrogen-bond donors (Lipinski definition) is 1. The van der Waals surface area contributed by atoms with Gasteiger partial charge in [0.05, 0.1) is 12.3 Å². The number of carbonyl (C=O) groups is 1. The molecular weight excluding hydrogens is 331 g/mol. The van der Waals surface area contributed by atoms with Gasteiger partial charge in [0.25, 0.3) is 5.91 Å². The maximum Gasteiger partial charge on any atom is 0.261 e. The van der Waals surface area contributed by atoms with Crippen LogP contribution >= 0.6 is 0 Å². The Morgan fingerprint density at radius 3 is 2.62 bits per heavy atom. The van der Waals surface area contributed by atoms with Gasteiger partial charge in [-0.3, -0.25) is 4.79 Å². The number of halogens is 1. The fourth-order valence-corrected chi connectivity index (χ4v) is 2.59. The Bertz CT molecular complexity index is 923.